The van der Waals surface area contributed by atoms with Crippen LogP contribution < -0.4 is 26.0 Å². The molecule has 2 aromatic carbocycles. The van der Waals surface area contributed by atoms with Gasteiger partial charge in [-0.1, -0.05) is 81.8 Å². The third kappa shape index (κ3) is 10.9. The number of hydrogen-bond acceptors (Lipinski definition) is 8. The number of nitrogens with one attached hydrogen (secondary N) is 4. The Morgan fingerprint density at radius 2 is 1.72 bits per heavy atom. The van der Waals surface area contributed by atoms with Crippen LogP contribution in [0.5, 0.6) is 5.75 Å². The third-order valence-corrected chi connectivity index (χ3v) is 9.13. The largest absolute Gasteiger partial charge is 0.491 e. The van der Waals surface area contributed by atoms with E-state index in [9.17, 15) is 19.2 Å². The number of hydrogen-bond donors (Lipinski definition) is 4. The van der Waals surface area contributed by atoms with Gasteiger partial charge in [0.1, 0.15) is 36.8 Å². The molecule has 2 aliphatic heterocycles. The first-order valence-electron chi connectivity index (χ1n) is 17.8. The molecule has 4 heterocycles. The first kappa shape index (κ1) is 38.9. The summed E-state index contributed by atoms with van der Waals surface area (Å²) in [5.41, 5.74) is 1.71. The molecule has 4 atom stereocenters. The number of rotatable bonds is 7. The molecule has 0 saturated carbocycles. The zero-order chi connectivity index (χ0) is 38.1. The van der Waals surface area contributed by atoms with E-state index in [1.807, 2.05) is 56.3 Å². The van der Waals surface area contributed by atoms with Gasteiger partial charge in [0.05, 0.1) is 22.7 Å². The minimum atomic E-state index is -1.09. The highest BCUT2D eigenvalue weighted by Crippen LogP contribution is 2.22. The van der Waals surface area contributed by atoms with Crippen LogP contribution in [0.4, 0.5) is 0 Å². The van der Waals surface area contributed by atoms with Crippen LogP contribution in [0.3, 0.4) is 0 Å². The quantitative estimate of drug-likeness (QED) is 0.219. The van der Waals surface area contributed by atoms with Crippen molar-refractivity contribution in [3.05, 3.63) is 106 Å². The van der Waals surface area contributed by atoms with E-state index in [2.05, 4.69) is 50.2 Å². The fourth-order valence-electron chi connectivity index (χ4n) is 6.24. The molecule has 0 spiro atoms. The third-order valence-electron chi connectivity index (χ3n) is 8.83. The van der Waals surface area contributed by atoms with Gasteiger partial charge in [0.2, 0.25) is 17.7 Å². The van der Waals surface area contributed by atoms with Crippen LogP contribution in [0.25, 0.3) is 0 Å². The van der Waals surface area contributed by atoms with Gasteiger partial charge in [0.15, 0.2) is 5.82 Å². The molecular weight excluding hydrogens is 696 g/mol. The average molecular weight is 743 g/mol. The predicted octanol–water partition coefficient (Wildman–Crippen LogP) is 4.14. The summed E-state index contributed by atoms with van der Waals surface area (Å²) in [4.78, 5) is 64.0. The zero-order valence-electron chi connectivity index (χ0n) is 30.6. The minimum absolute atomic E-state index is 0.100. The van der Waals surface area contributed by atoms with Crippen LogP contribution in [-0.4, -0.2) is 68.1 Å². The number of benzene rings is 2. The molecule has 280 valence electrons. The van der Waals surface area contributed by atoms with Gasteiger partial charge in [-0.3, -0.25) is 24.2 Å². The lowest BCUT2D eigenvalue weighted by atomic mass is 10.00. The molecule has 2 aromatic heterocycles. The van der Waals surface area contributed by atoms with Crippen molar-refractivity contribution in [2.24, 2.45) is 11.8 Å². The molecular formula is C39H47ClN8O5. The molecule has 6 rings (SSSR count). The molecule has 13 nitrogen and oxygen atoms in total. The number of nitrogens with zero attached hydrogens (tertiary/aromatic N) is 4. The van der Waals surface area contributed by atoms with Gasteiger partial charge in [-0.25, -0.2) is 9.67 Å². The molecule has 4 N–H and O–H groups in total. The van der Waals surface area contributed by atoms with E-state index in [1.165, 1.54) is 23.1 Å². The predicted molar refractivity (Wildman–Crippen MR) is 200 cm³/mol. The average Bonchev–Trinajstić information content (AvgIpc) is 3.47. The van der Waals surface area contributed by atoms with E-state index in [1.54, 1.807) is 19.1 Å². The minimum Gasteiger partial charge on any atom is -0.491 e. The lowest BCUT2D eigenvalue weighted by Crippen LogP contribution is -2.55. The highest BCUT2D eigenvalue weighted by Gasteiger charge is 2.32. The Morgan fingerprint density at radius 3 is 2.40 bits per heavy atom. The van der Waals surface area contributed by atoms with E-state index in [4.69, 9.17) is 16.3 Å². The fraction of sp³-hybridized carbons (Fsp3) is 0.410. The number of ether oxygens (including phenoxy) is 1. The van der Waals surface area contributed by atoms with Crippen molar-refractivity contribution < 1.29 is 23.9 Å². The van der Waals surface area contributed by atoms with Crippen LogP contribution in [0.15, 0.2) is 73.1 Å². The van der Waals surface area contributed by atoms with Crippen LogP contribution in [0, 0.1) is 18.8 Å². The van der Waals surface area contributed by atoms with Gasteiger partial charge in [0.25, 0.3) is 5.91 Å². The van der Waals surface area contributed by atoms with Crippen molar-refractivity contribution in [3.63, 3.8) is 0 Å². The lowest BCUT2D eigenvalue weighted by Gasteiger charge is -2.27. The molecule has 4 aromatic rings. The Kier molecular flexibility index (Phi) is 13.2. The normalized spacial score (nSPS) is 20.2. The van der Waals surface area contributed by atoms with E-state index < -0.39 is 35.8 Å². The Hall–Kier alpha value is -5.30. The number of aromatic nitrogens is 4. The van der Waals surface area contributed by atoms with Crippen molar-refractivity contribution >= 4 is 35.2 Å². The molecule has 4 amide bonds. The summed E-state index contributed by atoms with van der Waals surface area (Å²) in [6.45, 7) is 9.85. The molecule has 0 aliphatic carbocycles. The number of halogens is 1. The Morgan fingerprint density at radius 1 is 0.981 bits per heavy atom. The van der Waals surface area contributed by atoms with Crippen LogP contribution in [0.2, 0.25) is 5.02 Å². The number of carbonyl (C=O) groups excluding carboxylic acids is 4. The molecule has 53 heavy (non-hydrogen) atoms. The number of fused-ring (bicyclic) bond motifs is 14. The van der Waals surface area contributed by atoms with Crippen molar-refractivity contribution in [1.82, 2.24) is 41.0 Å². The van der Waals surface area contributed by atoms with Gasteiger partial charge in [-0.05, 0) is 54.5 Å². The Balaban J connectivity index is 1.54. The van der Waals surface area contributed by atoms with Gasteiger partial charge in [-0.2, -0.15) is 5.10 Å². The zero-order valence-corrected chi connectivity index (χ0v) is 31.4. The van der Waals surface area contributed by atoms with E-state index in [0.29, 0.717) is 23.8 Å². The highest BCUT2D eigenvalue weighted by atomic mass is 35.5. The van der Waals surface area contributed by atoms with Crippen molar-refractivity contribution in [2.75, 3.05) is 6.61 Å². The monoisotopic (exact) mass is 742 g/mol. The summed E-state index contributed by atoms with van der Waals surface area (Å²) in [6, 6.07) is 14.9. The van der Waals surface area contributed by atoms with Gasteiger partial charge < -0.3 is 26.0 Å². The molecule has 0 fully saturated rings. The number of aryl methyl sites for hydroxylation is 1. The molecule has 2 bridgehead atoms. The lowest BCUT2D eigenvalue weighted by molar-refractivity contribution is -0.130. The van der Waals surface area contributed by atoms with Gasteiger partial charge >= 0.3 is 0 Å². The van der Waals surface area contributed by atoms with Crippen LogP contribution >= 0.6 is 11.6 Å². The summed E-state index contributed by atoms with van der Waals surface area (Å²) in [6.07, 6.45) is 3.74. The maximum absolute atomic E-state index is 14.3. The summed E-state index contributed by atoms with van der Waals surface area (Å²) in [7, 11) is 0. The summed E-state index contributed by atoms with van der Waals surface area (Å²) in [5, 5.41) is 16.6. The smallest absolute Gasteiger partial charge is 0.253 e. The Labute approximate surface area is 314 Å². The number of carbonyl (C=O) groups is 4. The second-order valence-corrected chi connectivity index (χ2v) is 14.5. The summed E-state index contributed by atoms with van der Waals surface area (Å²) >= 11 is 6.29. The van der Waals surface area contributed by atoms with Crippen LogP contribution in [-0.2, 0) is 33.8 Å². The van der Waals surface area contributed by atoms with E-state index >= 15 is 0 Å². The topological polar surface area (TPSA) is 169 Å². The highest BCUT2D eigenvalue weighted by molar-refractivity contribution is 6.33. The Bertz CT molecular complexity index is 1880. The summed E-state index contributed by atoms with van der Waals surface area (Å²) < 4.78 is 7.64. The van der Waals surface area contributed by atoms with E-state index in [0.717, 1.165) is 11.1 Å². The standard InChI is InChI=1S/C39H47ClN8O5/c1-23(2)17-28-22-53-29-13-11-27(12-14-29)19-32(44-37(50)30-15-16-41-20-31(30)40)38(51)45-33(18-26-9-7-6-8-10-26)39(52)46-35(24(3)4)36-42-25(5)47-48(36)21-34(49)43-28/h6-16,20,23-24,28,32-33,35H,17-19,21-22H2,1-5H3,(H,43,49)(H,44,50)(H,45,51)(H,46,52)/t28-,32-,33-,35-/m0/s1. The van der Waals surface area contributed by atoms with Gasteiger partial charge in [-0.15, -0.1) is 0 Å². The molecule has 0 unspecified atom stereocenters. The van der Waals surface area contributed by atoms with Gasteiger partial charge in [0, 0.05) is 25.2 Å². The van der Waals surface area contributed by atoms with Crippen molar-refractivity contribution in [3.8, 4) is 5.75 Å². The first-order chi connectivity index (χ1) is 25.4. The molecule has 0 radical (unpaired) electrons. The molecule has 0 saturated heterocycles. The number of amides is 4. The fourth-order valence-corrected chi connectivity index (χ4v) is 6.44. The van der Waals surface area contributed by atoms with Crippen molar-refractivity contribution in [2.45, 2.75) is 84.6 Å². The molecule has 2 aliphatic rings. The van der Waals surface area contributed by atoms with Crippen molar-refractivity contribution in [1.29, 1.82) is 0 Å². The second kappa shape index (κ2) is 18.0. The summed E-state index contributed by atoms with van der Waals surface area (Å²) in [5.74, 6) is -0.316. The van der Waals surface area contributed by atoms with E-state index in [-0.39, 0.29) is 60.4 Å². The number of pyridine rings is 1. The maximum atomic E-state index is 14.3. The maximum Gasteiger partial charge on any atom is 0.253 e. The first-order valence-corrected chi connectivity index (χ1v) is 18.2. The molecule has 14 heteroatoms. The SMILES string of the molecule is Cc1nc2n(n1)CC(=O)N[C@@H](CC(C)C)COc1ccc(cc1)C[C@H](NC(=O)c1ccncc1Cl)C(=O)N[C@@H](Cc1ccccc1)C(=O)N[C@H]2C(C)C. The second-order valence-electron chi connectivity index (χ2n) is 14.1. The van der Waals surface area contributed by atoms with Crippen LogP contribution in [0.1, 0.15) is 73.3 Å².